The number of para-hydroxylation sites is 5. The van der Waals surface area contributed by atoms with Crippen molar-refractivity contribution in [3.8, 4) is 68.4 Å². The fourth-order valence-electron chi connectivity index (χ4n) is 18.2. The molecule has 0 bridgehead atoms. The number of fused-ring (bicyclic) bond motifs is 25. The molecule has 0 aliphatic rings. The molecule has 0 saturated heterocycles. The maximum atomic E-state index is 6.87. The maximum Gasteiger partial charge on any atom is 0.238 e. The van der Waals surface area contributed by atoms with E-state index in [-0.39, 0.29) is 0 Å². The summed E-state index contributed by atoms with van der Waals surface area (Å²) in [5.41, 5.74) is 21.2. The first-order valence-electron chi connectivity index (χ1n) is 38.5. The van der Waals surface area contributed by atoms with E-state index < -0.39 is 0 Å². The predicted molar refractivity (Wildman–Crippen MR) is 468 cm³/mol. The predicted octanol–water partition coefficient (Wildman–Crippen LogP) is 26.7. The van der Waals surface area contributed by atoms with E-state index in [9.17, 15) is 0 Å². The van der Waals surface area contributed by atoms with Gasteiger partial charge in [0.15, 0.2) is 11.6 Å². The number of aromatic nitrogens is 9. The molecule has 8 aromatic heterocycles. The molecule has 0 amide bonds. The van der Waals surface area contributed by atoms with E-state index in [1.54, 1.807) is 0 Å². The third-order valence-electron chi connectivity index (χ3n) is 23.1. The van der Waals surface area contributed by atoms with Crippen LogP contribution < -0.4 is 0 Å². The van der Waals surface area contributed by atoms with E-state index >= 15 is 0 Å². The van der Waals surface area contributed by atoms with Gasteiger partial charge in [-0.1, -0.05) is 267 Å². The molecule has 25 aromatic rings. The number of nitrogens with zero attached hydrogens (tertiary/aromatic N) is 9. The quantitative estimate of drug-likeness (QED) is 0.149. The molecular weight excluding hydrogens is 1400 g/mol. The molecule has 0 saturated carbocycles. The summed E-state index contributed by atoms with van der Waals surface area (Å²) < 4.78 is 22.8. The Labute approximate surface area is 650 Å². The molecule has 11 heteroatoms. The van der Waals surface area contributed by atoms with E-state index in [1.165, 1.54) is 43.4 Å². The lowest BCUT2D eigenvalue weighted by molar-refractivity contribution is 0.668. The second-order valence-electron chi connectivity index (χ2n) is 29.3. The van der Waals surface area contributed by atoms with Crippen LogP contribution in [0.25, 0.3) is 232 Å². The van der Waals surface area contributed by atoms with E-state index in [2.05, 4.69) is 322 Å². The zero-order valence-electron chi connectivity index (χ0n) is 61.1. The van der Waals surface area contributed by atoms with Crippen LogP contribution in [-0.4, -0.2) is 43.2 Å². The average Bonchev–Trinajstić information content (AvgIpc) is 1.54. The Morgan fingerprint density at radius 2 is 0.596 bits per heavy atom. The zero-order chi connectivity index (χ0) is 74.6. The van der Waals surface area contributed by atoms with Gasteiger partial charge in [0.2, 0.25) is 11.9 Å². The summed E-state index contributed by atoms with van der Waals surface area (Å²) in [5.74, 6) is 2.42. The molecule has 11 nitrogen and oxygen atoms in total. The summed E-state index contributed by atoms with van der Waals surface area (Å²) in [6, 6.07) is 130. The molecule has 0 fully saturated rings. The Morgan fingerprint density at radius 1 is 0.202 bits per heavy atom. The standard InChI is InChI=1S/C54H32N4O.C49H29N5O/c1-3-15-33(16-4-1)42-32-47-50(39-22-8-7-19-36(39)42)52-46(58(47)54-55-43-24-12-9-23-40(43)53(56-54)34-17-5-2-6-18-34)29-30-48-51(52)41-28-27-35(31-49(41)59-48)57-44-25-13-10-20-37(44)38-21-11-14-26-45(38)57;1-3-14-31(15-4-1)47-50-48(32-16-5-2-6-17-32)52-49(51-47)54-40-26-23-30-13-7-8-18-34(30)44(40)46-41(54)27-28-42-45(46)37-25-24-33(29-43(37)55-42)53-38-21-11-9-19-35(38)36-20-10-12-22-39(36)53/h1-32H;1-29H. The van der Waals surface area contributed by atoms with E-state index in [0.29, 0.717) is 23.5 Å². The normalized spacial score (nSPS) is 12.0. The molecule has 0 aliphatic heterocycles. The van der Waals surface area contributed by atoms with Gasteiger partial charge >= 0.3 is 0 Å². The van der Waals surface area contributed by atoms with Crippen LogP contribution >= 0.6 is 0 Å². The lowest BCUT2D eigenvalue weighted by Gasteiger charge is -2.13. The smallest absolute Gasteiger partial charge is 0.238 e. The monoisotopic (exact) mass is 1460 g/mol. The van der Waals surface area contributed by atoms with Gasteiger partial charge in [-0.3, -0.25) is 9.13 Å². The van der Waals surface area contributed by atoms with Crippen LogP contribution in [0.4, 0.5) is 0 Å². The Morgan fingerprint density at radius 3 is 1.12 bits per heavy atom. The minimum Gasteiger partial charge on any atom is -0.456 e. The first-order valence-corrected chi connectivity index (χ1v) is 38.5. The van der Waals surface area contributed by atoms with Crippen LogP contribution in [0.2, 0.25) is 0 Å². The lowest BCUT2D eigenvalue weighted by atomic mass is 9.94. The van der Waals surface area contributed by atoms with Crippen molar-refractivity contribution in [3.63, 3.8) is 0 Å². The second-order valence-corrected chi connectivity index (χ2v) is 29.3. The third kappa shape index (κ3) is 9.60. The number of benzene rings is 17. The molecule has 0 atom stereocenters. The number of rotatable bonds is 8. The lowest BCUT2D eigenvalue weighted by Crippen LogP contribution is -2.06. The van der Waals surface area contributed by atoms with Crippen molar-refractivity contribution in [2.24, 2.45) is 0 Å². The molecular formula is C103H61N9O2. The second kappa shape index (κ2) is 25.0. The summed E-state index contributed by atoms with van der Waals surface area (Å²) >= 11 is 0. The van der Waals surface area contributed by atoms with Gasteiger partial charge in [0.05, 0.1) is 55.3 Å². The van der Waals surface area contributed by atoms with Gasteiger partial charge in [-0.2, -0.15) is 9.97 Å². The SMILES string of the molecule is c1ccc(-c2nc(-c3ccccc3)nc(-n3c4ccc5ccccc5c4c4c5c(ccc43)oc3cc(-n4c6ccccc6c6ccccc64)ccc35)n2)cc1.c1ccc(-c2nc(-n3c4cc(-c5ccccc5)c5ccccc5c4c4c5c(ccc43)oc3cc(-n4c6ccccc6c6ccccc64)ccc35)nc3ccccc23)cc1. The molecule has 0 unspecified atom stereocenters. The largest absolute Gasteiger partial charge is 0.456 e. The highest BCUT2D eigenvalue weighted by Gasteiger charge is 2.28. The number of hydrogen-bond donors (Lipinski definition) is 0. The minimum absolute atomic E-state index is 0.559. The Kier molecular flexibility index (Phi) is 13.9. The van der Waals surface area contributed by atoms with Crippen molar-refractivity contribution in [1.29, 1.82) is 0 Å². The van der Waals surface area contributed by atoms with Gasteiger partial charge in [0.1, 0.15) is 22.3 Å². The van der Waals surface area contributed by atoms with Crippen LogP contribution in [0.3, 0.4) is 0 Å². The van der Waals surface area contributed by atoms with Gasteiger partial charge in [-0.25, -0.2) is 15.0 Å². The molecule has 8 heterocycles. The van der Waals surface area contributed by atoms with Crippen molar-refractivity contribution in [3.05, 3.63) is 370 Å². The highest BCUT2D eigenvalue weighted by molar-refractivity contribution is 6.35. The molecule has 25 rings (SSSR count). The molecule has 17 aromatic carbocycles. The minimum atomic E-state index is 0.559. The van der Waals surface area contributed by atoms with Gasteiger partial charge in [0.25, 0.3) is 0 Å². The molecule has 114 heavy (non-hydrogen) atoms. The number of hydrogen-bond acceptors (Lipinski definition) is 7. The zero-order valence-corrected chi connectivity index (χ0v) is 61.1. The van der Waals surface area contributed by atoms with E-state index in [0.717, 1.165) is 165 Å². The van der Waals surface area contributed by atoms with E-state index in [4.69, 9.17) is 33.8 Å². The first-order chi connectivity index (χ1) is 56.6. The fourth-order valence-corrected chi connectivity index (χ4v) is 18.2. The van der Waals surface area contributed by atoms with Crippen molar-refractivity contribution < 1.29 is 8.83 Å². The Bertz CT molecular complexity index is 8130. The van der Waals surface area contributed by atoms with Crippen molar-refractivity contribution in [2.45, 2.75) is 0 Å². The van der Waals surface area contributed by atoms with Crippen LogP contribution in [-0.2, 0) is 0 Å². The summed E-state index contributed by atoms with van der Waals surface area (Å²) in [6.07, 6.45) is 0. The van der Waals surface area contributed by atoms with Gasteiger partial charge in [-0.15, -0.1) is 0 Å². The Balaban J connectivity index is 0.000000132. The van der Waals surface area contributed by atoms with Crippen LogP contribution in [0.1, 0.15) is 0 Å². The fraction of sp³-hybridized carbons (Fsp3) is 0. The van der Waals surface area contributed by atoms with Crippen LogP contribution in [0.5, 0.6) is 0 Å². The highest BCUT2D eigenvalue weighted by Crippen LogP contribution is 2.49. The van der Waals surface area contributed by atoms with Crippen molar-refractivity contribution >= 4 is 164 Å². The van der Waals surface area contributed by atoms with E-state index in [1.807, 2.05) is 66.7 Å². The molecule has 0 radical (unpaired) electrons. The maximum absolute atomic E-state index is 6.87. The van der Waals surface area contributed by atoms with Gasteiger partial charge in [0, 0.05) is 110 Å². The summed E-state index contributed by atoms with van der Waals surface area (Å²) in [5, 5.41) is 19.4. The van der Waals surface area contributed by atoms with Gasteiger partial charge < -0.3 is 18.0 Å². The Hall–Kier alpha value is -15.6. The number of furan rings is 2. The molecule has 530 valence electrons. The summed E-state index contributed by atoms with van der Waals surface area (Å²) in [6.45, 7) is 0. The summed E-state index contributed by atoms with van der Waals surface area (Å²) in [7, 11) is 0. The van der Waals surface area contributed by atoms with Crippen LogP contribution in [0.15, 0.2) is 379 Å². The highest BCUT2D eigenvalue weighted by atomic mass is 16.3. The third-order valence-corrected chi connectivity index (χ3v) is 23.1. The first kappa shape index (κ1) is 63.3. The molecule has 0 aliphatic carbocycles. The topological polar surface area (TPSA) is 110 Å². The average molecular weight is 1460 g/mol. The molecule has 0 spiro atoms. The molecule has 0 N–H and O–H groups in total. The van der Waals surface area contributed by atoms with Crippen LogP contribution in [0, 0.1) is 0 Å². The van der Waals surface area contributed by atoms with Gasteiger partial charge in [-0.05, 0) is 124 Å². The van der Waals surface area contributed by atoms with Crippen molar-refractivity contribution in [1.82, 2.24) is 43.2 Å². The summed E-state index contributed by atoms with van der Waals surface area (Å²) in [4.78, 5) is 26.1. The van der Waals surface area contributed by atoms with Crippen molar-refractivity contribution in [2.75, 3.05) is 0 Å².